The number of nitrogens with two attached hydrogens (primary N) is 1. The Morgan fingerprint density at radius 3 is 2.88 bits per heavy atom. The molecular weight excluding hydrogens is 200 g/mol. The van der Waals surface area contributed by atoms with Crippen LogP contribution < -0.4 is 5.73 Å². The van der Waals surface area contributed by atoms with Gasteiger partial charge in [-0.3, -0.25) is 4.40 Å². The molecule has 0 amide bonds. The van der Waals surface area contributed by atoms with Crippen LogP contribution in [0.4, 0.5) is 5.82 Å². The van der Waals surface area contributed by atoms with Crippen molar-refractivity contribution in [1.82, 2.24) is 14.4 Å². The maximum absolute atomic E-state index is 5.68. The fourth-order valence-electron chi connectivity index (χ4n) is 1.79. The summed E-state index contributed by atoms with van der Waals surface area (Å²) in [4.78, 5) is 8.23. The van der Waals surface area contributed by atoms with E-state index in [9.17, 15) is 0 Å². The van der Waals surface area contributed by atoms with E-state index in [0.29, 0.717) is 5.82 Å². The second-order valence-corrected chi connectivity index (χ2v) is 3.54. The summed E-state index contributed by atoms with van der Waals surface area (Å²) in [5, 5.41) is 0. The molecule has 4 nitrogen and oxygen atoms in total. The molecule has 3 rings (SSSR count). The highest BCUT2D eigenvalue weighted by Gasteiger charge is 2.03. The van der Waals surface area contributed by atoms with Gasteiger partial charge in [0.15, 0.2) is 0 Å². The summed E-state index contributed by atoms with van der Waals surface area (Å²) in [6.45, 7) is 0. The SMILES string of the molecule is Nc1cc(-c2cccc3nccn23)ccn1. The average molecular weight is 210 g/mol. The lowest BCUT2D eigenvalue weighted by Crippen LogP contribution is -1.93. The van der Waals surface area contributed by atoms with Crippen molar-refractivity contribution in [3.05, 3.63) is 48.9 Å². The molecule has 0 bridgehead atoms. The van der Waals surface area contributed by atoms with Gasteiger partial charge >= 0.3 is 0 Å². The van der Waals surface area contributed by atoms with Crippen LogP contribution in [0.5, 0.6) is 0 Å². The Balaban J connectivity index is 2.29. The Morgan fingerprint density at radius 1 is 1.06 bits per heavy atom. The average Bonchev–Trinajstić information content (AvgIpc) is 2.76. The van der Waals surface area contributed by atoms with Crippen LogP contribution in [-0.2, 0) is 0 Å². The number of imidazole rings is 1. The molecule has 0 saturated carbocycles. The molecule has 0 spiro atoms. The van der Waals surface area contributed by atoms with Crippen molar-refractivity contribution in [2.45, 2.75) is 0 Å². The smallest absolute Gasteiger partial charge is 0.137 e. The van der Waals surface area contributed by atoms with Gasteiger partial charge in [0.2, 0.25) is 0 Å². The Kier molecular flexibility index (Phi) is 1.86. The van der Waals surface area contributed by atoms with Gasteiger partial charge in [-0.1, -0.05) is 6.07 Å². The van der Waals surface area contributed by atoms with Crippen molar-refractivity contribution in [2.24, 2.45) is 0 Å². The molecule has 16 heavy (non-hydrogen) atoms. The van der Waals surface area contributed by atoms with Crippen molar-refractivity contribution in [2.75, 3.05) is 5.73 Å². The zero-order chi connectivity index (χ0) is 11.0. The molecule has 3 aromatic heterocycles. The van der Waals surface area contributed by atoms with Gasteiger partial charge < -0.3 is 5.73 Å². The van der Waals surface area contributed by atoms with Crippen LogP contribution in [0.3, 0.4) is 0 Å². The molecule has 3 aromatic rings. The van der Waals surface area contributed by atoms with Crippen molar-refractivity contribution in [1.29, 1.82) is 0 Å². The van der Waals surface area contributed by atoms with Crippen LogP contribution in [0.2, 0.25) is 0 Å². The first-order valence-electron chi connectivity index (χ1n) is 4.98. The molecule has 0 aliphatic heterocycles. The summed E-state index contributed by atoms with van der Waals surface area (Å²) < 4.78 is 2.02. The molecule has 0 radical (unpaired) electrons. The lowest BCUT2D eigenvalue weighted by molar-refractivity contribution is 1.19. The minimum Gasteiger partial charge on any atom is -0.384 e. The van der Waals surface area contributed by atoms with Crippen molar-refractivity contribution in [3.63, 3.8) is 0 Å². The highest BCUT2D eigenvalue weighted by molar-refractivity contribution is 5.65. The maximum atomic E-state index is 5.68. The molecular formula is C12H10N4. The summed E-state index contributed by atoms with van der Waals surface area (Å²) in [7, 11) is 0. The molecule has 2 N–H and O–H groups in total. The van der Waals surface area contributed by atoms with Gasteiger partial charge in [0, 0.05) is 24.2 Å². The molecule has 4 heteroatoms. The third-order valence-corrected chi connectivity index (χ3v) is 2.51. The summed E-state index contributed by atoms with van der Waals surface area (Å²) in [6.07, 6.45) is 5.42. The number of aromatic nitrogens is 3. The van der Waals surface area contributed by atoms with Crippen LogP contribution in [0.1, 0.15) is 0 Å². The van der Waals surface area contributed by atoms with Gasteiger partial charge in [0.25, 0.3) is 0 Å². The summed E-state index contributed by atoms with van der Waals surface area (Å²) in [6, 6.07) is 9.77. The molecule has 0 aromatic carbocycles. The van der Waals surface area contributed by atoms with Gasteiger partial charge in [-0.05, 0) is 24.3 Å². The number of pyridine rings is 2. The molecule has 3 heterocycles. The zero-order valence-electron chi connectivity index (χ0n) is 8.54. The van der Waals surface area contributed by atoms with E-state index in [0.717, 1.165) is 16.9 Å². The highest BCUT2D eigenvalue weighted by Crippen LogP contribution is 2.21. The van der Waals surface area contributed by atoms with E-state index in [-0.39, 0.29) is 0 Å². The second-order valence-electron chi connectivity index (χ2n) is 3.54. The van der Waals surface area contributed by atoms with Crippen LogP contribution in [0.15, 0.2) is 48.9 Å². The fraction of sp³-hybridized carbons (Fsp3) is 0. The van der Waals surface area contributed by atoms with Gasteiger partial charge in [-0.25, -0.2) is 9.97 Å². The largest absolute Gasteiger partial charge is 0.384 e. The van der Waals surface area contributed by atoms with Crippen molar-refractivity contribution in [3.8, 4) is 11.3 Å². The molecule has 0 unspecified atom stereocenters. The quantitative estimate of drug-likeness (QED) is 0.668. The Bertz CT molecular complexity index is 642. The van der Waals surface area contributed by atoms with Gasteiger partial charge in [0.1, 0.15) is 11.5 Å². The summed E-state index contributed by atoms with van der Waals surface area (Å²) in [5.74, 6) is 0.523. The number of fused-ring (bicyclic) bond motifs is 1. The summed E-state index contributed by atoms with van der Waals surface area (Å²) >= 11 is 0. The van der Waals surface area contributed by atoms with Gasteiger partial charge in [-0.15, -0.1) is 0 Å². The van der Waals surface area contributed by atoms with E-state index in [1.54, 1.807) is 12.4 Å². The van der Waals surface area contributed by atoms with Crippen LogP contribution in [-0.4, -0.2) is 14.4 Å². The first kappa shape index (κ1) is 8.91. The van der Waals surface area contributed by atoms with E-state index in [1.807, 2.05) is 40.9 Å². The minimum atomic E-state index is 0.523. The number of nitrogen functional groups attached to an aromatic ring is 1. The first-order chi connectivity index (χ1) is 7.84. The van der Waals surface area contributed by atoms with E-state index in [1.165, 1.54) is 0 Å². The van der Waals surface area contributed by atoms with Gasteiger partial charge in [0.05, 0.1) is 5.69 Å². The minimum absolute atomic E-state index is 0.523. The van der Waals surface area contributed by atoms with E-state index >= 15 is 0 Å². The maximum Gasteiger partial charge on any atom is 0.137 e. The number of rotatable bonds is 1. The number of hydrogen-bond donors (Lipinski definition) is 1. The van der Waals surface area contributed by atoms with Crippen LogP contribution in [0.25, 0.3) is 16.9 Å². The zero-order valence-corrected chi connectivity index (χ0v) is 8.54. The van der Waals surface area contributed by atoms with Gasteiger partial charge in [-0.2, -0.15) is 0 Å². The predicted molar refractivity (Wildman–Crippen MR) is 62.8 cm³/mol. The van der Waals surface area contributed by atoms with Crippen molar-refractivity contribution >= 4 is 11.5 Å². The normalized spacial score (nSPS) is 10.8. The molecule has 0 aliphatic rings. The highest BCUT2D eigenvalue weighted by atomic mass is 15.0. The Morgan fingerprint density at radius 2 is 2.00 bits per heavy atom. The molecule has 78 valence electrons. The fourth-order valence-corrected chi connectivity index (χ4v) is 1.79. The molecule has 0 atom stereocenters. The Labute approximate surface area is 92.4 Å². The van der Waals surface area contributed by atoms with E-state index in [2.05, 4.69) is 9.97 Å². The monoisotopic (exact) mass is 210 g/mol. The second kappa shape index (κ2) is 3.34. The molecule has 0 fully saturated rings. The standard InChI is InChI=1S/C12H10N4/c13-11-8-9(4-5-14-11)10-2-1-3-12-15-6-7-16(10)12/h1-8H,(H2,13,14). The number of nitrogens with zero attached hydrogens (tertiary/aromatic N) is 3. The third-order valence-electron chi connectivity index (χ3n) is 2.51. The third kappa shape index (κ3) is 1.32. The van der Waals surface area contributed by atoms with E-state index in [4.69, 9.17) is 5.73 Å². The van der Waals surface area contributed by atoms with Crippen LogP contribution in [0, 0.1) is 0 Å². The Hall–Kier alpha value is -2.36. The molecule has 0 saturated heterocycles. The number of anilines is 1. The molecule has 0 aliphatic carbocycles. The first-order valence-corrected chi connectivity index (χ1v) is 4.98. The lowest BCUT2D eigenvalue weighted by Gasteiger charge is -2.05. The topological polar surface area (TPSA) is 56.2 Å². The van der Waals surface area contributed by atoms with Crippen molar-refractivity contribution < 1.29 is 0 Å². The predicted octanol–water partition coefficient (Wildman–Crippen LogP) is 1.98. The van der Waals surface area contributed by atoms with Crippen LogP contribution >= 0.6 is 0 Å². The lowest BCUT2D eigenvalue weighted by atomic mass is 10.1. The van der Waals surface area contributed by atoms with E-state index < -0.39 is 0 Å². The summed E-state index contributed by atoms with van der Waals surface area (Å²) in [5.41, 5.74) is 8.70. The number of hydrogen-bond acceptors (Lipinski definition) is 3.